The first-order valence-corrected chi connectivity index (χ1v) is 11.0. The Kier molecular flexibility index (Phi) is 7.15. The lowest BCUT2D eigenvalue weighted by Gasteiger charge is -2.35. The number of hydrogen-bond acceptors (Lipinski definition) is 4. The van der Waals surface area contributed by atoms with Gasteiger partial charge in [-0.25, -0.2) is 13.1 Å². The Labute approximate surface area is 157 Å². The van der Waals surface area contributed by atoms with Crippen LogP contribution in [-0.2, 0) is 14.8 Å². The number of nitrogens with zero attached hydrogens (tertiary/aromatic N) is 1. The number of likely N-dealkylation sites (tertiary alicyclic amines) is 1. The highest BCUT2D eigenvalue weighted by Crippen LogP contribution is 2.19. The first-order valence-electron chi connectivity index (χ1n) is 8.29. The number of ketones is 1. The van der Waals surface area contributed by atoms with Crippen LogP contribution in [-0.4, -0.2) is 50.4 Å². The van der Waals surface area contributed by atoms with Crippen molar-refractivity contribution in [2.24, 2.45) is 0 Å². The van der Waals surface area contributed by atoms with Crippen LogP contribution in [0, 0.1) is 0 Å². The Balaban J connectivity index is 1.90. The number of carbonyl (C=O) groups is 2. The molecule has 0 saturated carbocycles. The zero-order valence-corrected chi connectivity index (χ0v) is 16.6. The Morgan fingerprint density at radius 2 is 1.88 bits per heavy atom. The summed E-state index contributed by atoms with van der Waals surface area (Å²) in [6, 6.07) is 6.92. The molecule has 1 fully saturated rings. The second-order valence-electron chi connectivity index (χ2n) is 6.29. The maximum atomic E-state index is 12.5. The number of rotatable bonds is 7. The van der Waals surface area contributed by atoms with E-state index in [1.54, 1.807) is 29.2 Å². The van der Waals surface area contributed by atoms with E-state index in [9.17, 15) is 18.0 Å². The number of hydrogen-bond donors (Lipinski definition) is 1. The highest BCUT2D eigenvalue weighted by atomic mass is 79.9. The third kappa shape index (κ3) is 6.52. The number of Topliss-reactive ketones (excluding diaryl/α,β-unsaturated/α-hetero) is 1. The van der Waals surface area contributed by atoms with Gasteiger partial charge in [-0.1, -0.05) is 28.1 Å². The van der Waals surface area contributed by atoms with Crippen molar-refractivity contribution in [1.82, 2.24) is 9.62 Å². The molecule has 138 valence electrons. The predicted molar refractivity (Wildman–Crippen MR) is 99.9 cm³/mol. The van der Waals surface area contributed by atoms with Crippen molar-refractivity contribution >= 4 is 37.6 Å². The van der Waals surface area contributed by atoms with Gasteiger partial charge >= 0.3 is 0 Å². The van der Waals surface area contributed by atoms with Gasteiger partial charge in [-0.3, -0.25) is 9.59 Å². The molecular formula is C17H23BrN2O4S. The van der Waals surface area contributed by atoms with E-state index in [-0.39, 0.29) is 37.1 Å². The Morgan fingerprint density at radius 1 is 1.20 bits per heavy atom. The van der Waals surface area contributed by atoms with Gasteiger partial charge in [0.2, 0.25) is 15.9 Å². The molecule has 1 heterocycles. The van der Waals surface area contributed by atoms with E-state index in [2.05, 4.69) is 20.7 Å². The van der Waals surface area contributed by atoms with Crippen molar-refractivity contribution in [3.63, 3.8) is 0 Å². The SMILES string of the molecule is CS(=O)(=O)NCC1CCCCN1C(=O)CCC(=O)c1ccc(Br)cc1. The first-order chi connectivity index (χ1) is 11.8. The zero-order valence-electron chi connectivity index (χ0n) is 14.2. The molecule has 1 aliphatic heterocycles. The van der Waals surface area contributed by atoms with E-state index in [1.807, 2.05) is 0 Å². The van der Waals surface area contributed by atoms with Crippen molar-refractivity contribution in [2.75, 3.05) is 19.3 Å². The van der Waals surface area contributed by atoms with E-state index < -0.39 is 10.0 Å². The lowest BCUT2D eigenvalue weighted by atomic mass is 10.0. The van der Waals surface area contributed by atoms with E-state index in [0.29, 0.717) is 12.1 Å². The van der Waals surface area contributed by atoms with Gasteiger partial charge in [-0.15, -0.1) is 0 Å². The van der Waals surface area contributed by atoms with Crippen molar-refractivity contribution in [3.8, 4) is 0 Å². The minimum Gasteiger partial charge on any atom is -0.338 e. The number of piperidine rings is 1. The Morgan fingerprint density at radius 3 is 2.52 bits per heavy atom. The van der Waals surface area contributed by atoms with Gasteiger partial charge < -0.3 is 4.90 Å². The minimum absolute atomic E-state index is 0.0660. The summed E-state index contributed by atoms with van der Waals surface area (Å²) in [5.41, 5.74) is 0.588. The number of nitrogens with one attached hydrogen (secondary N) is 1. The highest BCUT2D eigenvalue weighted by molar-refractivity contribution is 9.10. The van der Waals surface area contributed by atoms with Gasteiger partial charge in [0.25, 0.3) is 0 Å². The molecule has 1 amide bonds. The molecule has 8 heteroatoms. The molecule has 0 spiro atoms. The van der Waals surface area contributed by atoms with Gasteiger partial charge in [0.1, 0.15) is 0 Å². The van der Waals surface area contributed by atoms with E-state index in [0.717, 1.165) is 30.0 Å². The zero-order chi connectivity index (χ0) is 18.4. The smallest absolute Gasteiger partial charge is 0.223 e. The molecule has 1 N–H and O–H groups in total. The molecule has 0 aliphatic carbocycles. The van der Waals surface area contributed by atoms with Gasteiger partial charge in [0, 0.05) is 42.0 Å². The first kappa shape index (κ1) is 20.1. The number of sulfonamides is 1. The fourth-order valence-electron chi connectivity index (χ4n) is 2.93. The van der Waals surface area contributed by atoms with Gasteiger partial charge in [0.15, 0.2) is 5.78 Å². The standard InChI is InChI=1S/C17H23BrN2O4S/c1-25(23,24)19-12-15-4-2-3-11-20(15)17(22)10-9-16(21)13-5-7-14(18)8-6-13/h5-8,15,19H,2-4,9-12H2,1H3. The fourth-order valence-corrected chi connectivity index (χ4v) is 3.69. The van der Waals surface area contributed by atoms with Crippen molar-refractivity contribution in [3.05, 3.63) is 34.3 Å². The summed E-state index contributed by atoms with van der Waals surface area (Å²) in [5.74, 6) is -0.158. The summed E-state index contributed by atoms with van der Waals surface area (Å²) in [7, 11) is -3.28. The van der Waals surface area contributed by atoms with Crippen LogP contribution in [0.15, 0.2) is 28.7 Å². The Bertz CT molecular complexity index is 719. The van der Waals surface area contributed by atoms with Gasteiger partial charge in [-0.2, -0.15) is 0 Å². The summed E-state index contributed by atoms with van der Waals surface area (Å²) in [5, 5.41) is 0. The minimum atomic E-state index is -3.28. The summed E-state index contributed by atoms with van der Waals surface area (Å²) in [6.45, 7) is 0.840. The number of halogens is 1. The summed E-state index contributed by atoms with van der Waals surface area (Å²) >= 11 is 3.32. The molecular weight excluding hydrogens is 408 g/mol. The quantitative estimate of drug-likeness (QED) is 0.672. The van der Waals surface area contributed by atoms with Gasteiger partial charge in [-0.05, 0) is 31.4 Å². The lowest BCUT2D eigenvalue weighted by molar-refractivity contribution is -0.134. The molecule has 1 atom stereocenters. The van der Waals surface area contributed by atoms with Crippen LogP contribution in [0.4, 0.5) is 0 Å². The largest absolute Gasteiger partial charge is 0.338 e. The third-order valence-electron chi connectivity index (χ3n) is 4.26. The van der Waals surface area contributed by atoms with Crippen LogP contribution in [0.25, 0.3) is 0 Å². The molecule has 1 aromatic carbocycles. The van der Waals surface area contributed by atoms with Crippen molar-refractivity contribution in [2.45, 2.75) is 38.1 Å². The van der Waals surface area contributed by atoms with Crippen molar-refractivity contribution < 1.29 is 18.0 Å². The fraction of sp³-hybridized carbons (Fsp3) is 0.529. The maximum absolute atomic E-state index is 12.5. The lowest BCUT2D eigenvalue weighted by Crippen LogP contribution is -2.49. The molecule has 1 aromatic rings. The molecule has 1 aliphatic rings. The molecule has 1 unspecified atom stereocenters. The van der Waals surface area contributed by atoms with Crippen LogP contribution in [0.2, 0.25) is 0 Å². The molecule has 0 bridgehead atoms. The molecule has 6 nitrogen and oxygen atoms in total. The Hall–Kier alpha value is -1.25. The molecule has 0 radical (unpaired) electrons. The van der Waals surface area contributed by atoms with E-state index in [1.165, 1.54) is 0 Å². The van der Waals surface area contributed by atoms with Crippen LogP contribution in [0.1, 0.15) is 42.5 Å². The van der Waals surface area contributed by atoms with Crippen LogP contribution < -0.4 is 4.72 Å². The van der Waals surface area contributed by atoms with Gasteiger partial charge in [0.05, 0.1) is 6.26 Å². The van der Waals surface area contributed by atoms with Crippen LogP contribution in [0.5, 0.6) is 0 Å². The van der Waals surface area contributed by atoms with Crippen LogP contribution >= 0.6 is 15.9 Å². The summed E-state index contributed by atoms with van der Waals surface area (Å²) < 4.78 is 25.9. The highest BCUT2D eigenvalue weighted by Gasteiger charge is 2.27. The van der Waals surface area contributed by atoms with E-state index in [4.69, 9.17) is 0 Å². The monoisotopic (exact) mass is 430 g/mol. The average Bonchev–Trinajstić information content (AvgIpc) is 2.58. The molecule has 0 aromatic heterocycles. The topological polar surface area (TPSA) is 83.6 Å². The predicted octanol–water partition coefficient (Wildman–Crippen LogP) is 2.34. The molecule has 2 rings (SSSR count). The molecule has 1 saturated heterocycles. The molecule has 25 heavy (non-hydrogen) atoms. The number of carbonyl (C=O) groups excluding carboxylic acids is 2. The second-order valence-corrected chi connectivity index (χ2v) is 9.04. The van der Waals surface area contributed by atoms with Crippen molar-refractivity contribution in [1.29, 1.82) is 0 Å². The summed E-state index contributed by atoms with van der Waals surface area (Å²) in [4.78, 5) is 26.4. The van der Waals surface area contributed by atoms with E-state index >= 15 is 0 Å². The second kappa shape index (κ2) is 8.91. The van der Waals surface area contributed by atoms with Crippen LogP contribution in [0.3, 0.4) is 0 Å². The maximum Gasteiger partial charge on any atom is 0.223 e. The summed E-state index contributed by atoms with van der Waals surface area (Å²) in [6.07, 6.45) is 4.06. The normalized spacial score (nSPS) is 18.2. The number of benzene rings is 1. The number of amides is 1. The third-order valence-corrected chi connectivity index (χ3v) is 5.48. The average molecular weight is 431 g/mol.